The molecule has 2 heterocycles. The molecule has 2 fully saturated rings. The summed E-state index contributed by atoms with van der Waals surface area (Å²) in [6, 6.07) is 10.1. The maximum absolute atomic E-state index is 12.7. The van der Waals surface area contributed by atoms with Gasteiger partial charge in [0.25, 0.3) is 0 Å². The summed E-state index contributed by atoms with van der Waals surface area (Å²) in [4.78, 5) is 12.6. The van der Waals surface area contributed by atoms with Crippen molar-refractivity contribution in [2.24, 2.45) is 5.92 Å². The molecule has 1 aromatic carbocycles. The number of anilines is 1. The molecule has 8 heteroatoms. The van der Waals surface area contributed by atoms with E-state index in [0.717, 1.165) is 12.2 Å². The molecule has 1 amide bonds. The molecule has 1 saturated heterocycles. The summed E-state index contributed by atoms with van der Waals surface area (Å²) >= 11 is 0. The van der Waals surface area contributed by atoms with E-state index in [4.69, 9.17) is 9.15 Å². The van der Waals surface area contributed by atoms with E-state index in [0.29, 0.717) is 32.0 Å². The molecule has 4 rings (SSSR count). The summed E-state index contributed by atoms with van der Waals surface area (Å²) in [5, 5.41) is 2.82. The van der Waals surface area contributed by atoms with E-state index < -0.39 is 10.0 Å². The van der Waals surface area contributed by atoms with Gasteiger partial charge in [0, 0.05) is 30.6 Å². The number of nitrogens with zero attached hydrogens (tertiary/aromatic N) is 1. The highest BCUT2D eigenvalue weighted by molar-refractivity contribution is 7.89. The molecular formula is C18H20N2O5S. The lowest BCUT2D eigenvalue weighted by atomic mass is 10.2. The quantitative estimate of drug-likeness (QED) is 0.863. The molecule has 0 radical (unpaired) electrons. The Balaban J connectivity index is 1.45. The number of rotatable bonds is 5. The minimum absolute atomic E-state index is 0.102. The monoisotopic (exact) mass is 376 g/mol. The first-order valence-corrected chi connectivity index (χ1v) is 10.0. The standard InChI is InChI=1S/C18H20N2O5S/c21-18(16-12-15(16)17-5-2-8-25-17)19-13-3-1-4-14(11-13)26(22,23)20-6-9-24-10-7-20/h1-5,8,11,15-16H,6-7,9-10,12H2,(H,19,21). The van der Waals surface area contributed by atoms with Crippen LogP contribution in [0.2, 0.25) is 0 Å². The molecule has 2 atom stereocenters. The molecule has 7 nitrogen and oxygen atoms in total. The number of furan rings is 1. The number of hydrogen-bond donors (Lipinski definition) is 1. The zero-order valence-electron chi connectivity index (χ0n) is 14.1. The molecule has 2 aliphatic rings. The van der Waals surface area contributed by atoms with Crippen LogP contribution >= 0.6 is 0 Å². The second-order valence-corrected chi connectivity index (χ2v) is 8.44. The van der Waals surface area contributed by atoms with Gasteiger partial charge in [0.1, 0.15) is 5.76 Å². The molecule has 1 aliphatic heterocycles. The van der Waals surface area contributed by atoms with E-state index in [1.807, 2.05) is 12.1 Å². The fourth-order valence-electron chi connectivity index (χ4n) is 3.21. The Morgan fingerprint density at radius 2 is 1.96 bits per heavy atom. The summed E-state index contributed by atoms with van der Waals surface area (Å²) in [6.45, 7) is 1.47. The molecule has 138 valence electrons. The van der Waals surface area contributed by atoms with Crippen molar-refractivity contribution in [3.63, 3.8) is 0 Å². The first-order chi connectivity index (χ1) is 12.6. The molecule has 26 heavy (non-hydrogen) atoms. The van der Waals surface area contributed by atoms with Crippen LogP contribution in [0.1, 0.15) is 18.1 Å². The average Bonchev–Trinajstić information content (AvgIpc) is 3.28. The van der Waals surface area contributed by atoms with Gasteiger partial charge in [-0.05, 0) is 36.8 Å². The third-order valence-electron chi connectivity index (χ3n) is 4.75. The molecule has 2 unspecified atom stereocenters. The molecule has 1 saturated carbocycles. The number of nitrogens with one attached hydrogen (secondary N) is 1. The SMILES string of the molecule is O=C(Nc1cccc(S(=O)(=O)N2CCOCC2)c1)C1CC1c1ccco1. The Hall–Kier alpha value is -2.16. The molecule has 2 aromatic rings. The third-order valence-corrected chi connectivity index (χ3v) is 6.64. The number of ether oxygens (including phenoxy) is 1. The lowest BCUT2D eigenvalue weighted by molar-refractivity contribution is -0.117. The van der Waals surface area contributed by atoms with Gasteiger partial charge in [-0.3, -0.25) is 4.79 Å². The lowest BCUT2D eigenvalue weighted by Gasteiger charge is -2.26. The fraction of sp³-hybridized carbons (Fsp3) is 0.389. The van der Waals surface area contributed by atoms with E-state index in [-0.39, 0.29) is 22.6 Å². The van der Waals surface area contributed by atoms with Crippen molar-refractivity contribution < 1.29 is 22.4 Å². The first kappa shape index (κ1) is 17.3. The van der Waals surface area contributed by atoms with Gasteiger partial charge < -0.3 is 14.5 Å². The number of carbonyl (C=O) groups is 1. The van der Waals surface area contributed by atoms with Gasteiger partial charge in [-0.1, -0.05) is 6.07 Å². The van der Waals surface area contributed by atoms with Crippen molar-refractivity contribution >= 4 is 21.6 Å². The molecule has 1 aliphatic carbocycles. The predicted molar refractivity (Wildman–Crippen MR) is 94.2 cm³/mol. The molecule has 1 aromatic heterocycles. The van der Waals surface area contributed by atoms with Crippen LogP contribution < -0.4 is 5.32 Å². The Kier molecular flexibility index (Phi) is 4.56. The Morgan fingerprint density at radius 3 is 2.69 bits per heavy atom. The number of carbonyl (C=O) groups excluding carboxylic acids is 1. The number of benzene rings is 1. The number of amides is 1. The number of morpholine rings is 1. The van der Waals surface area contributed by atoms with Crippen molar-refractivity contribution in [3.8, 4) is 0 Å². The van der Waals surface area contributed by atoms with E-state index in [9.17, 15) is 13.2 Å². The zero-order chi connectivity index (χ0) is 18.1. The number of hydrogen-bond acceptors (Lipinski definition) is 5. The second-order valence-electron chi connectivity index (χ2n) is 6.50. The van der Waals surface area contributed by atoms with Crippen LogP contribution in [-0.4, -0.2) is 44.9 Å². The van der Waals surface area contributed by atoms with Crippen LogP contribution in [0.3, 0.4) is 0 Å². The molecule has 0 spiro atoms. The summed E-state index contributed by atoms with van der Waals surface area (Å²) in [6.07, 6.45) is 2.34. The summed E-state index contributed by atoms with van der Waals surface area (Å²) in [5.41, 5.74) is 0.481. The van der Waals surface area contributed by atoms with Crippen LogP contribution in [0.5, 0.6) is 0 Å². The zero-order valence-corrected chi connectivity index (χ0v) is 14.9. The highest BCUT2D eigenvalue weighted by atomic mass is 32.2. The van der Waals surface area contributed by atoms with Crippen LogP contribution in [0.15, 0.2) is 52.0 Å². The lowest BCUT2D eigenvalue weighted by Crippen LogP contribution is -2.40. The highest BCUT2D eigenvalue weighted by Crippen LogP contribution is 2.48. The molecule has 1 N–H and O–H groups in total. The van der Waals surface area contributed by atoms with Crippen molar-refractivity contribution in [2.45, 2.75) is 17.2 Å². The Bertz CT molecular complexity index is 888. The number of sulfonamides is 1. The van der Waals surface area contributed by atoms with Crippen LogP contribution in [0, 0.1) is 5.92 Å². The van der Waals surface area contributed by atoms with Gasteiger partial charge in [0.2, 0.25) is 15.9 Å². The summed E-state index contributed by atoms with van der Waals surface area (Å²) < 4.78 is 37.4. The fourth-order valence-corrected chi connectivity index (χ4v) is 4.66. The normalized spacial score (nSPS) is 23.5. The molecular weight excluding hydrogens is 356 g/mol. The van der Waals surface area contributed by atoms with Crippen molar-refractivity contribution in [2.75, 3.05) is 31.6 Å². The van der Waals surface area contributed by atoms with Gasteiger partial charge in [0.05, 0.1) is 24.4 Å². The Labute approximate surface area is 152 Å². The minimum atomic E-state index is -3.58. The van der Waals surface area contributed by atoms with Gasteiger partial charge in [-0.15, -0.1) is 0 Å². The third kappa shape index (κ3) is 3.40. The van der Waals surface area contributed by atoms with Crippen molar-refractivity contribution in [1.29, 1.82) is 0 Å². The maximum Gasteiger partial charge on any atom is 0.243 e. The maximum atomic E-state index is 12.7. The van der Waals surface area contributed by atoms with E-state index in [2.05, 4.69) is 5.32 Å². The first-order valence-electron chi connectivity index (χ1n) is 8.58. The van der Waals surface area contributed by atoms with Crippen LogP contribution in [-0.2, 0) is 19.6 Å². The van der Waals surface area contributed by atoms with E-state index in [1.165, 1.54) is 10.4 Å². The van der Waals surface area contributed by atoms with E-state index >= 15 is 0 Å². The van der Waals surface area contributed by atoms with Gasteiger partial charge in [-0.2, -0.15) is 4.31 Å². The van der Waals surface area contributed by atoms with Crippen LogP contribution in [0.25, 0.3) is 0 Å². The molecule has 0 bridgehead atoms. The average molecular weight is 376 g/mol. The highest BCUT2D eigenvalue weighted by Gasteiger charge is 2.45. The summed E-state index contributed by atoms with van der Waals surface area (Å²) in [7, 11) is -3.58. The minimum Gasteiger partial charge on any atom is -0.469 e. The summed E-state index contributed by atoms with van der Waals surface area (Å²) in [5.74, 6) is 0.659. The van der Waals surface area contributed by atoms with E-state index in [1.54, 1.807) is 24.5 Å². The largest absolute Gasteiger partial charge is 0.469 e. The van der Waals surface area contributed by atoms with Crippen molar-refractivity contribution in [3.05, 3.63) is 48.4 Å². The van der Waals surface area contributed by atoms with Crippen molar-refractivity contribution in [1.82, 2.24) is 4.31 Å². The van der Waals surface area contributed by atoms with Crippen LogP contribution in [0.4, 0.5) is 5.69 Å². The van der Waals surface area contributed by atoms with Gasteiger partial charge >= 0.3 is 0 Å². The van der Waals surface area contributed by atoms with Gasteiger partial charge in [-0.25, -0.2) is 8.42 Å². The smallest absolute Gasteiger partial charge is 0.243 e. The topological polar surface area (TPSA) is 88.9 Å². The van der Waals surface area contributed by atoms with Gasteiger partial charge in [0.15, 0.2) is 0 Å². The Morgan fingerprint density at radius 1 is 1.15 bits per heavy atom. The predicted octanol–water partition coefficient (Wildman–Crippen LogP) is 2.04. The second kappa shape index (κ2) is 6.86.